The summed E-state index contributed by atoms with van der Waals surface area (Å²) in [4.78, 5) is 41.7. The Kier molecular flexibility index (Phi) is 5.37. The number of piperidine rings is 1. The largest absolute Gasteiger partial charge is 0.464 e. The number of likely N-dealkylation sites (tertiary alicyclic amines) is 1. The molecule has 4 rings (SSSR count). The van der Waals surface area contributed by atoms with Crippen molar-refractivity contribution in [3.63, 3.8) is 0 Å². The molecule has 1 aliphatic heterocycles. The van der Waals surface area contributed by atoms with Gasteiger partial charge >= 0.3 is 12.1 Å². The van der Waals surface area contributed by atoms with Crippen LogP contribution in [0.2, 0.25) is 0 Å². The van der Waals surface area contributed by atoms with Crippen molar-refractivity contribution in [2.75, 3.05) is 20.2 Å². The van der Waals surface area contributed by atoms with Crippen LogP contribution in [0.4, 0.5) is 4.79 Å². The fourth-order valence-corrected chi connectivity index (χ4v) is 3.44. The first kappa shape index (κ1) is 18.9. The number of nitrogens with one attached hydrogen (secondary N) is 1. The molecule has 1 aromatic carbocycles. The van der Waals surface area contributed by atoms with Crippen molar-refractivity contribution in [1.82, 2.24) is 24.8 Å². The molecule has 0 saturated carbocycles. The zero-order chi connectivity index (χ0) is 20.2. The molecule has 1 saturated heterocycles. The molecular formula is C20H21N5O4. The minimum atomic E-state index is -0.538. The minimum absolute atomic E-state index is 0.132. The normalized spacial score (nSPS) is 14.7. The van der Waals surface area contributed by atoms with E-state index in [-0.39, 0.29) is 24.3 Å². The SMILES string of the molecule is COC(=O)c1ncnc2nc(C3CCN(C(=O)OCc4ccccc4)CC3)[nH]c12. The van der Waals surface area contributed by atoms with Gasteiger partial charge in [-0.3, -0.25) is 0 Å². The third-order valence-corrected chi connectivity index (χ3v) is 5.03. The first-order valence-electron chi connectivity index (χ1n) is 9.40. The summed E-state index contributed by atoms with van der Waals surface area (Å²) < 4.78 is 10.2. The van der Waals surface area contributed by atoms with Gasteiger partial charge in [0.25, 0.3) is 0 Å². The van der Waals surface area contributed by atoms with E-state index in [0.29, 0.717) is 24.3 Å². The van der Waals surface area contributed by atoms with Gasteiger partial charge in [0.1, 0.15) is 24.3 Å². The summed E-state index contributed by atoms with van der Waals surface area (Å²) in [6, 6.07) is 9.60. The Hall–Kier alpha value is -3.49. The molecular weight excluding hydrogens is 374 g/mol. The van der Waals surface area contributed by atoms with Crippen LogP contribution >= 0.6 is 0 Å². The Bertz CT molecular complexity index is 1010. The van der Waals surface area contributed by atoms with Crippen molar-refractivity contribution in [3.8, 4) is 0 Å². The maximum absolute atomic E-state index is 12.3. The number of nitrogens with zero attached hydrogens (tertiary/aromatic N) is 4. The van der Waals surface area contributed by atoms with Crippen LogP contribution in [-0.2, 0) is 16.1 Å². The average molecular weight is 395 g/mol. The predicted octanol–water partition coefficient (Wildman–Crippen LogP) is 2.66. The second-order valence-electron chi connectivity index (χ2n) is 6.84. The van der Waals surface area contributed by atoms with E-state index in [0.717, 1.165) is 24.2 Å². The standard InChI is InChI=1S/C20H21N5O4/c1-28-19(26)16-15-18(22-12-21-16)24-17(23-15)14-7-9-25(10-8-14)20(27)29-11-13-5-3-2-4-6-13/h2-6,12,14H,7-11H2,1H3,(H,21,22,23,24). The Balaban J connectivity index is 1.38. The predicted molar refractivity (Wildman–Crippen MR) is 103 cm³/mol. The molecule has 0 unspecified atom stereocenters. The molecule has 0 radical (unpaired) electrons. The van der Waals surface area contributed by atoms with Crippen LogP contribution in [0.5, 0.6) is 0 Å². The van der Waals surface area contributed by atoms with E-state index in [1.165, 1.54) is 13.4 Å². The molecule has 29 heavy (non-hydrogen) atoms. The number of amides is 1. The van der Waals surface area contributed by atoms with Crippen LogP contribution in [-0.4, -0.2) is 57.1 Å². The molecule has 0 bridgehead atoms. The van der Waals surface area contributed by atoms with Crippen molar-refractivity contribution in [1.29, 1.82) is 0 Å². The second-order valence-corrected chi connectivity index (χ2v) is 6.84. The number of rotatable bonds is 4. The Labute approximate surface area is 167 Å². The third-order valence-electron chi connectivity index (χ3n) is 5.03. The van der Waals surface area contributed by atoms with Gasteiger partial charge in [-0.15, -0.1) is 0 Å². The van der Waals surface area contributed by atoms with Crippen LogP contribution in [0.1, 0.15) is 40.6 Å². The lowest BCUT2D eigenvalue weighted by atomic mass is 9.96. The molecule has 0 aliphatic carbocycles. The molecule has 9 heteroatoms. The van der Waals surface area contributed by atoms with Crippen molar-refractivity contribution in [2.45, 2.75) is 25.4 Å². The smallest absolute Gasteiger partial charge is 0.410 e. The fraction of sp³-hybridized carbons (Fsp3) is 0.350. The van der Waals surface area contributed by atoms with Crippen LogP contribution in [0, 0.1) is 0 Å². The first-order valence-corrected chi connectivity index (χ1v) is 9.40. The Morgan fingerprint density at radius 3 is 2.66 bits per heavy atom. The van der Waals surface area contributed by atoms with E-state index in [1.807, 2.05) is 30.3 Å². The van der Waals surface area contributed by atoms with Crippen LogP contribution in [0.25, 0.3) is 11.2 Å². The summed E-state index contributed by atoms with van der Waals surface area (Å²) in [5.74, 6) is 0.333. The number of fused-ring (bicyclic) bond motifs is 1. The zero-order valence-corrected chi connectivity index (χ0v) is 16.0. The maximum Gasteiger partial charge on any atom is 0.410 e. The number of aromatic amines is 1. The fourth-order valence-electron chi connectivity index (χ4n) is 3.44. The minimum Gasteiger partial charge on any atom is -0.464 e. The quantitative estimate of drug-likeness (QED) is 0.676. The summed E-state index contributed by atoms with van der Waals surface area (Å²) in [6.45, 7) is 1.41. The Morgan fingerprint density at radius 1 is 1.17 bits per heavy atom. The number of methoxy groups -OCH3 is 1. The maximum atomic E-state index is 12.3. The molecule has 1 fully saturated rings. The summed E-state index contributed by atoms with van der Waals surface area (Å²) in [6.07, 6.45) is 2.46. The third kappa shape index (κ3) is 4.03. The number of imidazole rings is 1. The van der Waals surface area contributed by atoms with Gasteiger partial charge in [-0.25, -0.2) is 24.5 Å². The van der Waals surface area contributed by atoms with Gasteiger partial charge in [0, 0.05) is 19.0 Å². The lowest BCUT2D eigenvalue weighted by molar-refractivity contribution is 0.0596. The number of carbonyl (C=O) groups excluding carboxylic acids is 2. The second kappa shape index (κ2) is 8.26. The summed E-state index contributed by atoms with van der Waals surface area (Å²) in [7, 11) is 1.31. The van der Waals surface area contributed by atoms with Crippen molar-refractivity contribution in [3.05, 3.63) is 53.7 Å². The number of aromatic nitrogens is 4. The molecule has 3 heterocycles. The topological polar surface area (TPSA) is 110 Å². The van der Waals surface area contributed by atoms with Gasteiger partial charge < -0.3 is 19.4 Å². The number of carbonyl (C=O) groups is 2. The number of hydrogen-bond acceptors (Lipinski definition) is 7. The van der Waals surface area contributed by atoms with Gasteiger partial charge in [-0.2, -0.15) is 0 Å². The number of esters is 1. The van der Waals surface area contributed by atoms with E-state index < -0.39 is 5.97 Å². The highest BCUT2D eigenvalue weighted by Gasteiger charge is 2.27. The lowest BCUT2D eigenvalue weighted by Gasteiger charge is -2.30. The molecule has 1 amide bonds. The van der Waals surface area contributed by atoms with E-state index in [1.54, 1.807) is 4.90 Å². The zero-order valence-electron chi connectivity index (χ0n) is 16.0. The van der Waals surface area contributed by atoms with Crippen LogP contribution in [0.3, 0.4) is 0 Å². The van der Waals surface area contributed by atoms with E-state index in [4.69, 9.17) is 9.47 Å². The van der Waals surface area contributed by atoms with Crippen LogP contribution < -0.4 is 0 Å². The highest BCUT2D eigenvalue weighted by Crippen LogP contribution is 2.28. The van der Waals surface area contributed by atoms with Gasteiger partial charge in [0.05, 0.1) is 7.11 Å². The molecule has 9 nitrogen and oxygen atoms in total. The number of H-pyrrole nitrogens is 1. The van der Waals surface area contributed by atoms with Gasteiger partial charge in [0.2, 0.25) is 0 Å². The molecule has 0 spiro atoms. The summed E-state index contributed by atoms with van der Waals surface area (Å²) in [5.41, 5.74) is 2.03. The van der Waals surface area contributed by atoms with Crippen molar-refractivity contribution in [2.24, 2.45) is 0 Å². The molecule has 3 aromatic rings. The van der Waals surface area contributed by atoms with E-state index in [9.17, 15) is 9.59 Å². The number of benzene rings is 1. The van der Waals surface area contributed by atoms with Crippen molar-refractivity contribution < 1.29 is 19.1 Å². The molecule has 2 aromatic heterocycles. The summed E-state index contributed by atoms with van der Waals surface area (Å²) >= 11 is 0. The average Bonchev–Trinajstić information content (AvgIpc) is 3.22. The summed E-state index contributed by atoms with van der Waals surface area (Å²) in [5, 5.41) is 0. The molecule has 0 atom stereocenters. The van der Waals surface area contributed by atoms with Gasteiger partial charge in [-0.1, -0.05) is 30.3 Å². The van der Waals surface area contributed by atoms with Gasteiger partial charge in [0.15, 0.2) is 11.3 Å². The van der Waals surface area contributed by atoms with E-state index >= 15 is 0 Å². The number of ether oxygens (including phenoxy) is 2. The van der Waals surface area contributed by atoms with Gasteiger partial charge in [-0.05, 0) is 18.4 Å². The molecule has 150 valence electrons. The molecule has 1 aliphatic rings. The van der Waals surface area contributed by atoms with Crippen LogP contribution in [0.15, 0.2) is 36.7 Å². The molecule has 1 N–H and O–H groups in total. The lowest BCUT2D eigenvalue weighted by Crippen LogP contribution is -2.38. The highest BCUT2D eigenvalue weighted by atomic mass is 16.6. The van der Waals surface area contributed by atoms with E-state index in [2.05, 4.69) is 19.9 Å². The monoisotopic (exact) mass is 395 g/mol. The Morgan fingerprint density at radius 2 is 1.93 bits per heavy atom. The first-order chi connectivity index (χ1) is 14.2. The highest BCUT2D eigenvalue weighted by molar-refractivity contribution is 5.98. The number of hydrogen-bond donors (Lipinski definition) is 1. The van der Waals surface area contributed by atoms with Crippen molar-refractivity contribution >= 4 is 23.2 Å².